The van der Waals surface area contributed by atoms with Gasteiger partial charge in [0.1, 0.15) is 11.4 Å². The maximum atomic E-state index is 12.0. The second-order valence-corrected chi connectivity index (χ2v) is 4.67. The molecule has 0 aliphatic rings. The number of rotatable bonds is 3. The number of phenols is 1. The van der Waals surface area contributed by atoms with Crippen molar-refractivity contribution in [3.63, 3.8) is 0 Å². The molecule has 0 atom stereocenters. The number of nitrogens with zero attached hydrogens (tertiary/aromatic N) is 2. The zero-order valence-electron chi connectivity index (χ0n) is 10.2. The molecular weight excluding hydrogens is 321 g/mol. The van der Waals surface area contributed by atoms with Crippen LogP contribution in [-0.2, 0) is 0 Å². The molecule has 1 aromatic carbocycles. The molecule has 0 spiro atoms. The number of hydrogen-bond acceptors (Lipinski definition) is 5. The molecule has 108 valence electrons. The summed E-state index contributed by atoms with van der Waals surface area (Å²) >= 11 is 11.5. The van der Waals surface area contributed by atoms with E-state index in [1.54, 1.807) is 0 Å². The van der Waals surface area contributed by atoms with E-state index in [1.165, 1.54) is 24.3 Å². The summed E-state index contributed by atoms with van der Waals surface area (Å²) in [5.41, 5.74) is 0.0172. The first-order chi connectivity index (χ1) is 9.88. The van der Waals surface area contributed by atoms with Crippen LogP contribution < -0.4 is 5.32 Å². The first-order valence-corrected chi connectivity index (χ1v) is 6.25. The molecule has 2 rings (SSSR count). The summed E-state index contributed by atoms with van der Waals surface area (Å²) in [6.07, 6.45) is 0. The molecule has 0 saturated heterocycles. The van der Waals surface area contributed by atoms with Crippen LogP contribution in [0.4, 0.5) is 11.5 Å². The Morgan fingerprint density at radius 2 is 2.00 bits per heavy atom. The summed E-state index contributed by atoms with van der Waals surface area (Å²) in [5.74, 6) is -1.38. The lowest BCUT2D eigenvalue weighted by Crippen LogP contribution is -2.13. The average molecular weight is 328 g/mol. The predicted octanol–water partition coefficient (Wildman–Crippen LogP) is 3.25. The Labute approximate surface area is 128 Å². The number of halogens is 2. The van der Waals surface area contributed by atoms with Gasteiger partial charge < -0.3 is 20.5 Å². The predicted molar refractivity (Wildman–Crippen MR) is 77.0 cm³/mol. The molecule has 0 fully saturated rings. The third kappa shape index (κ3) is 3.39. The molecule has 0 saturated carbocycles. The van der Waals surface area contributed by atoms with Crippen molar-refractivity contribution < 1.29 is 14.8 Å². The van der Waals surface area contributed by atoms with E-state index >= 15 is 0 Å². The van der Waals surface area contributed by atoms with Crippen LogP contribution in [0.2, 0.25) is 10.2 Å². The normalized spacial score (nSPS) is 10.2. The van der Waals surface area contributed by atoms with Gasteiger partial charge in [-0.3, -0.25) is 4.79 Å². The van der Waals surface area contributed by atoms with E-state index in [0.29, 0.717) is 0 Å². The van der Waals surface area contributed by atoms with Crippen LogP contribution in [0.1, 0.15) is 10.4 Å². The summed E-state index contributed by atoms with van der Waals surface area (Å²) in [6.45, 7) is 0. The Morgan fingerprint density at radius 1 is 1.29 bits per heavy atom. The minimum absolute atomic E-state index is 0.0584. The zero-order chi connectivity index (χ0) is 15.6. The van der Waals surface area contributed by atoms with Gasteiger partial charge in [-0.15, -0.1) is 0 Å². The van der Waals surface area contributed by atoms with E-state index in [1.807, 2.05) is 0 Å². The van der Waals surface area contributed by atoms with E-state index in [2.05, 4.69) is 10.3 Å². The molecule has 0 aliphatic carbocycles. The minimum atomic E-state index is -0.708. The highest BCUT2D eigenvalue weighted by Crippen LogP contribution is 2.26. The van der Waals surface area contributed by atoms with Crippen molar-refractivity contribution >= 4 is 40.6 Å². The summed E-state index contributed by atoms with van der Waals surface area (Å²) in [4.78, 5) is 25.4. The molecule has 1 aromatic heterocycles. The second kappa shape index (κ2) is 5.94. The quantitative estimate of drug-likeness (QED) is 0.511. The molecule has 0 bridgehead atoms. The van der Waals surface area contributed by atoms with E-state index < -0.39 is 16.6 Å². The van der Waals surface area contributed by atoms with Gasteiger partial charge >= 0.3 is 5.82 Å². The van der Waals surface area contributed by atoms with Gasteiger partial charge in [0.2, 0.25) is 0 Å². The van der Waals surface area contributed by atoms with Gasteiger partial charge in [-0.05, 0) is 45.8 Å². The summed E-state index contributed by atoms with van der Waals surface area (Å²) in [6, 6.07) is 6.31. The number of benzene rings is 1. The van der Waals surface area contributed by atoms with Crippen molar-refractivity contribution in [1.82, 2.24) is 4.98 Å². The SMILES string of the molecule is O=C(Nc1ccc([N+](=O)[O-])nc1Cl)c1cc(Cl)ccc1O. The van der Waals surface area contributed by atoms with Crippen LogP contribution in [0, 0.1) is 10.1 Å². The number of carbonyl (C=O) groups excluding carboxylic acids is 1. The van der Waals surface area contributed by atoms with Gasteiger partial charge in [-0.2, -0.15) is 0 Å². The van der Waals surface area contributed by atoms with Gasteiger partial charge in [0.15, 0.2) is 0 Å². The van der Waals surface area contributed by atoms with E-state index in [0.717, 1.165) is 6.07 Å². The highest BCUT2D eigenvalue weighted by Gasteiger charge is 2.18. The van der Waals surface area contributed by atoms with Crippen molar-refractivity contribution in [3.05, 3.63) is 56.2 Å². The van der Waals surface area contributed by atoms with Crippen LogP contribution in [0.5, 0.6) is 5.75 Å². The van der Waals surface area contributed by atoms with Crippen LogP contribution in [-0.4, -0.2) is 20.9 Å². The lowest BCUT2D eigenvalue weighted by Gasteiger charge is -2.07. The average Bonchev–Trinajstić information content (AvgIpc) is 2.43. The van der Waals surface area contributed by atoms with Crippen molar-refractivity contribution in [1.29, 1.82) is 0 Å². The fraction of sp³-hybridized carbons (Fsp3) is 0. The summed E-state index contributed by atoms with van der Waals surface area (Å²) in [7, 11) is 0. The highest BCUT2D eigenvalue weighted by atomic mass is 35.5. The van der Waals surface area contributed by atoms with Crippen molar-refractivity contribution in [2.75, 3.05) is 5.32 Å². The number of phenolic OH excluding ortho intramolecular Hbond substituents is 1. The third-order valence-corrected chi connectivity index (χ3v) is 3.00. The standard InChI is InChI=1S/C12H7Cl2N3O4/c13-6-1-3-9(18)7(5-6)12(19)15-8-2-4-10(17(20)21)16-11(8)14/h1-5,18H,(H,15,19). The summed E-state index contributed by atoms with van der Waals surface area (Å²) in [5, 5.41) is 22.6. The lowest BCUT2D eigenvalue weighted by atomic mass is 10.2. The fourth-order valence-corrected chi connectivity index (χ4v) is 1.87. The number of carbonyl (C=O) groups is 1. The Balaban J connectivity index is 2.27. The first kappa shape index (κ1) is 15.0. The van der Waals surface area contributed by atoms with Crippen LogP contribution in [0.25, 0.3) is 0 Å². The first-order valence-electron chi connectivity index (χ1n) is 5.49. The molecule has 1 amide bonds. The smallest absolute Gasteiger partial charge is 0.365 e. The monoisotopic (exact) mass is 327 g/mol. The third-order valence-electron chi connectivity index (χ3n) is 2.47. The van der Waals surface area contributed by atoms with Gasteiger partial charge in [0.25, 0.3) is 11.1 Å². The molecule has 2 N–H and O–H groups in total. The number of hydrogen-bond donors (Lipinski definition) is 2. The molecule has 0 unspecified atom stereocenters. The Bertz CT molecular complexity index is 736. The minimum Gasteiger partial charge on any atom is -0.507 e. The number of amides is 1. The van der Waals surface area contributed by atoms with E-state index in [9.17, 15) is 20.0 Å². The number of pyridine rings is 1. The number of nitro groups is 1. The van der Waals surface area contributed by atoms with Gasteiger partial charge in [-0.1, -0.05) is 11.6 Å². The molecule has 2 aromatic rings. The molecule has 1 heterocycles. The van der Waals surface area contributed by atoms with Crippen molar-refractivity contribution in [2.45, 2.75) is 0 Å². The maximum absolute atomic E-state index is 12.0. The van der Waals surface area contributed by atoms with Gasteiger partial charge in [-0.25, -0.2) is 0 Å². The fourth-order valence-electron chi connectivity index (χ4n) is 1.50. The van der Waals surface area contributed by atoms with E-state index in [4.69, 9.17) is 23.2 Å². The Kier molecular flexibility index (Phi) is 4.25. The van der Waals surface area contributed by atoms with Crippen molar-refractivity contribution in [2.24, 2.45) is 0 Å². The van der Waals surface area contributed by atoms with Gasteiger partial charge in [0.05, 0.1) is 5.56 Å². The maximum Gasteiger partial charge on any atom is 0.365 e. The molecule has 0 radical (unpaired) electrons. The molecular formula is C12H7Cl2N3O4. The number of anilines is 1. The van der Waals surface area contributed by atoms with Crippen LogP contribution in [0.3, 0.4) is 0 Å². The summed E-state index contributed by atoms with van der Waals surface area (Å²) < 4.78 is 0. The highest BCUT2D eigenvalue weighted by molar-refractivity contribution is 6.33. The van der Waals surface area contributed by atoms with Gasteiger partial charge in [0, 0.05) is 11.1 Å². The topological polar surface area (TPSA) is 105 Å². The number of aromatic hydroxyl groups is 1. The Morgan fingerprint density at radius 3 is 2.62 bits per heavy atom. The number of nitrogens with one attached hydrogen (secondary N) is 1. The largest absolute Gasteiger partial charge is 0.507 e. The molecule has 0 aliphatic heterocycles. The number of aromatic nitrogens is 1. The molecule has 9 heteroatoms. The lowest BCUT2D eigenvalue weighted by molar-refractivity contribution is -0.389. The molecule has 7 nitrogen and oxygen atoms in total. The van der Waals surface area contributed by atoms with E-state index in [-0.39, 0.29) is 27.2 Å². The molecule has 21 heavy (non-hydrogen) atoms. The zero-order valence-corrected chi connectivity index (χ0v) is 11.7. The second-order valence-electron chi connectivity index (χ2n) is 3.88. The van der Waals surface area contributed by atoms with Crippen LogP contribution in [0.15, 0.2) is 30.3 Å². The van der Waals surface area contributed by atoms with Crippen LogP contribution >= 0.6 is 23.2 Å². The Hall–Kier alpha value is -2.38. The van der Waals surface area contributed by atoms with Crippen molar-refractivity contribution in [3.8, 4) is 5.75 Å².